The molecule has 1 atom stereocenters. The Morgan fingerprint density at radius 1 is 1.32 bits per heavy atom. The van der Waals surface area contributed by atoms with Crippen molar-refractivity contribution in [3.8, 4) is 0 Å². The van der Waals surface area contributed by atoms with Crippen LogP contribution in [0, 0.1) is 6.92 Å². The predicted molar refractivity (Wildman–Crippen MR) is 65.4 cm³/mol. The Labute approximate surface area is 110 Å². The summed E-state index contributed by atoms with van der Waals surface area (Å²) in [6.07, 6.45) is -0.553. The molecule has 0 aromatic carbocycles. The van der Waals surface area contributed by atoms with Gasteiger partial charge in [0.1, 0.15) is 11.5 Å². The largest absolute Gasteiger partial charge is 0.481 e. The van der Waals surface area contributed by atoms with Crippen molar-refractivity contribution in [2.45, 2.75) is 32.7 Å². The maximum Gasteiger partial charge on any atom is 0.322 e. The summed E-state index contributed by atoms with van der Waals surface area (Å²) in [7, 11) is 0. The first kappa shape index (κ1) is 14.7. The van der Waals surface area contributed by atoms with E-state index in [0.29, 0.717) is 5.76 Å². The van der Waals surface area contributed by atoms with Crippen molar-refractivity contribution in [3.05, 3.63) is 23.7 Å². The fourth-order valence-electron chi connectivity index (χ4n) is 1.40. The van der Waals surface area contributed by atoms with E-state index < -0.39 is 17.9 Å². The molecule has 1 aromatic rings. The summed E-state index contributed by atoms with van der Waals surface area (Å²) in [6, 6.07) is 2.42. The van der Waals surface area contributed by atoms with Crippen molar-refractivity contribution >= 4 is 17.9 Å². The van der Waals surface area contributed by atoms with Gasteiger partial charge in [0.15, 0.2) is 0 Å². The van der Waals surface area contributed by atoms with E-state index in [1.165, 1.54) is 0 Å². The van der Waals surface area contributed by atoms with Crippen molar-refractivity contribution in [2.75, 3.05) is 0 Å². The van der Waals surface area contributed by atoms with E-state index in [1.54, 1.807) is 26.0 Å². The molecule has 7 heteroatoms. The zero-order valence-electron chi connectivity index (χ0n) is 10.7. The van der Waals surface area contributed by atoms with Gasteiger partial charge in [-0.1, -0.05) is 0 Å². The fraction of sp³-hybridized carbons (Fsp3) is 0.417. The van der Waals surface area contributed by atoms with Gasteiger partial charge in [0.05, 0.1) is 12.5 Å². The summed E-state index contributed by atoms with van der Waals surface area (Å²) in [5, 5.41) is 13.0. The minimum Gasteiger partial charge on any atom is -0.481 e. The van der Waals surface area contributed by atoms with Crippen LogP contribution < -0.4 is 10.6 Å². The number of imide groups is 1. The third-order valence-corrected chi connectivity index (χ3v) is 2.35. The van der Waals surface area contributed by atoms with Gasteiger partial charge in [0.2, 0.25) is 5.91 Å². The van der Waals surface area contributed by atoms with Crippen LogP contribution in [0.2, 0.25) is 0 Å². The lowest BCUT2D eigenvalue weighted by Crippen LogP contribution is -2.40. The first-order chi connectivity index (χ1) is 8.88. The van der Waals surface area contributed by atoms with Gasteiger partial charge < -0.3 is 14.8 Å². The van der Waals surface area contributed by atoms with Crippen LogP contribution in [0.4, 0.5) is 4.79 Å². The lowest BCUT2D eigenvalue weighted by molar-refractivity contribution is -0.138. The van der Waals surface area contributed by atoms with Crippen molar-refractivity contribution < 1.29 is 23.9 Å². The van der Waals surface area contributed by atoms with Crippen LogP contribution in [0.1, 0.15) is 37.3 Å². The zero-order chi connectivity index (χ0) is 14.4. The molecule has 1 rings (SSSR count). The number of carboxylic acid groups (broad SMARTS) is 1. The molecule has 1 unspecified atom stereocenters. The minimum atomic E-state index is -1.09. The number of hydrogen-bond donors (Lipinski definition) is 3. The van der Waals surface area contributed by atoms with Crippen LogP contribution in [0.25, 0.3) is 0 Å². The summed E-state index contributed by atoms with van der Waals surface area (Å²) in [6.45, 7) is 3.49. The third kappa shape index (κ3) is 5.24. The van der Waals surface area contributed by atoms with E-state index in [0.717, 1.165) is 5.76 Å². The van der Waals surface area contributed by atoms with E-state index in [4.69, 9.17) is 9.52 Å². The Morgan fingerprint density at radius 2 is 2.00 bits per heavy atom. The van der Waals surface area contributed by atoms with Gasteiger partial charge in [-0.25, -0.2) is 4.79 Å². The summed E-state index contributed by atoms with van der Waals surface area (Å²) in [5.74, 6) is -0.426. The normalized spacial score (nSPS) is 11.7. The first-order valence-electron chi connectivity index (χ1n) is 5.77. The van der Waals surface area contributed by atoms with Crippen LogP contribution >= 0.6 is 0 Å². The number of furan rings is 1. The molecule has 1 aromatic heterocycles. The van der Waals surface area contributed by atoms with E-state index in [-0.39, 0.29) is 18.9 Å². The molecular weight excluding hydrogens is 252 g/mol. The second kappa shape index (κ2) is 6.58. The Bertz CT molecular complexity index is 480. The topological polar surface area (TPSA) is 109 Å². The molecule has 0 fully saturated rings. The van der Waals surface area contributed by atoms with Gasteiger partial charge in [0, 0.05) is 6.42 Å². The first-order valence-corrected chi connectivity index (χ1v) is 5.77. The number of hydrogen-bond acceptors (Lipinski definition) is 4. The molecule has 0 bridgehead atoms. The van der Waals surface area contributed by atoms with Crippen molar-refractivity contribution in [3.63, 3.8) is 0 Å². The smallest absolute Gasteiger partial charge is 0.322 e. The average Bonchev–Trinajstić information content (AvgIpc) is 2.73. The quantitative estimate of drug-likeness (QED) is 0.746. The molecule has 0 aliphatic rings. The number of carboxylic acids is 1. The number of carbonyl (C=O) groups excluding carboxylic acids is 2. The molecule has 0 aliphatic carbocycles. The number of rotatable bonds is 5. The van der Waals surface area contributed by atoms with Gasteiger partial charge in [-0.15, -0.1) is 0 Å². The molecule has 104 valence electrons. The average molecular weight is 268 g/mol. The number of aryl methyl sites for hydroxylation is 1. The second-order valence-electron chi connectivity index (χ2n) is 4.09. The monoisotopic (exact) mass is 268 g/mol. The highest BCUT2D eigenvalue weighted by Gasteiger charge is 2.15. The maximum absolute atomic E-state index is 11.5. The van der Waals surface area contributed by atoms with Crippen molar-refractivity contribution in [2.24, 2.45) is 0 Å². The van der Waals surface area contributed by atoms with Crippen LogP contribution in [0.15, 0.2) is 16.5 Å². The van der Waals surface area contributed by atoms with Crippen LogP contribution in [-0.2, 0) is 9.59 Å². The van der Waals surface area contributed by atoms with Gasteiger partial charge in [-0.2, -0.15) is 0 Å². The Morgan fingerprint density at radius 3 is 2.53 bits per heavy atom. The van der Waals surface area contributed by atoms with Crippen LogP contribution in [-0.4, -0.2) is 23.0 Å². The molecule has 7 nitrogen and oxygen atoms in total. The van der Waals surface area contributed by atoms with Gasteiger partial charge in [0.25, 0.3) is 0 Å². The van der Waals surface area contributed by atoms with Crippen molar-refractivity contribution in [1.29, 1.82) is 0 Å². The van der Waals surface area contributed by atoms with Crippen LogP contribution in [0.5, 0.6) is 0 Å². The summed E-state index contributed by atoms with van der Waals surface area (Å²) in [4.78, 5) is 32.9. The minimum absolute atomic E-state index is 0.239. The molecule has 0 saturated heterocycles. The van der Waals surface area contributed by atoms with E-state index in [1.807, 2.05) is 5.32 Å². The Hall–Kier alpha value is -2.31. The van der Waals surface area contributed by atoms with E-state index in [9.17, 15) is 14.4 Å². The maximum atomic E-state index is 11.5. The van der Waals surface area contributed by atoms with Crippen molar-refractivity contribution in [1.82, 2.24) is 10.6 Å². The molecule has 0 saturated carbocycles. The second-order valence-corrected chi connectivity index (χ2v) is 4.09. The zero-order valence-corrected chi connectivity index (χ0v) is 10.7. The Balaban J connectivity index is 2.38. The van der Waals surface area contributed by atoms with Crippen LogP contribution in [0.3, 0.4) is 0 Å². The molecule has 3 amide bonds. The molecule has 1 heterocycles. The standard InChI is InChI=1S/C12H16N2O5/c1-7-3-4-9(19-7)8(2)13-12(18)14-10(15)5-6-11(16)17/h3-4,8H,5-6H2,1-2H3,(H,16,17)(H2,13,14,15,18). The summed E-state index contributed by atoms with van der Waals surface area (Å²) >= 11 is 0. The number of nitrogens with one attached hydrogen (secondary N) is 2. The third-order valence-electron chi connectivity index (χ3n) is 2.35. The number of carbonyl (C=O) groups is 3. The Kier molecular flexibility index (Phi) is 5.11. The molecule has 0 spiro atoms. The molecule has 0 aliphatic heterocycles. The molecular formula is C12H16N2O5. The highest BCUT2D eigenvalue weighted by Crippen LogP contribution is 2.15. The highest BCUT2D eigenvalue weighted by atomic mass is 16.4. The van der Waals surface area contributed by atoms with E-state index >= 15 is 0 Å². The predicted octanol–water partition coefficient (Wildman–Crippen LogP) is 1.34. The molecule has 0 radical (unpaired) electrons. The number of amides is 3. The van der Waals surface area contributed by atoms with E-state index in [2.05, 4.69) is 5.32 Å². The fourth-order valence-corrected chi connectivity index (χ4v) is 1.40. The van der Waals surface area contributed by atoms with Gasteiger partial charge >= 0.3 is 12.0 Å². The molecule has 3 N–H and O–H groups in total. The summed E-state index contributed by atoms with van der Waals surface area (Å²) < 4.78 is 5.32. The lowest BCUT2D eigenvalue weighted by Gasteiger charge is -2.11. The van der Waals surface area contributed by atoms with Gasteiger partial charge in [-0.05, 0) is 26.0 Å². The lowest BCUT2D eigenvalue weighted by atomic mass is 10.2. The number of urea groups is 1. The van der Waals surface area contributed by atoms with Gasteiger partial charge in [-0.3, -0.25) is 14.9 Å². The SMILES string of the molecule is Cc1ccc(C(C)NC(=O)NC(=O)CCC(=O)O)o1. The highest BCUT2D eigenvalue weighted by molar-refractivity contribution is 5.95. The summed E-state index contributed by atoms with van der Waals surface area (Å²) in [5.41, 5.74) is 0. The number of aliphatic carboxylic acids is 1. The molecule has 19 heavy (non-hydrogen) atoms.